The van der Waals surface area contributed by atoms with E-state index in [0.29, 0.717) is 0 Å². The summed E-state index contributed by atoms with van der Waals surface area (Å²) in [6.07, 6.45) is -1.69. The van der Waals surface area contributed by atoms with Crippen LogP contribution in [0.2, 0.25) is 0 Å². The second-order valence-electron chi connectivity index (χ2n) is 7.15. The van der Waals surface area contributed by atoms with E-state index in [4.69, 9.17) is 5.73 Å². The number of nitrogens with two attached hydrogens (primary N) is 1. The number of ketones is 3. The Balaban J connectivity index is 2.04. The molecule has 0 saturated carbocycles. The number of Topliss-reactive ketones (excluding diaryl/α,β-unsaturated/α-hetero) is 1. The first-order valence-corrected chi connectivity index (χ1v) is 8.44. The number of phenols is 2. The summed E-state index contributed by atoms with van der Waals surface area (Å²) in [4.78, 5) is 37.7. The normalized spacial score (nSPS) is 23.4. The molecule has 0 spiro atoms. The Bertz CT molecular complexity index is 1060. The van der Waals surface area contributed by atoms with E-state index in [-0.39, 0.29) is 46.2 Å². The molecule has 2 aromatic carbocycles. The van der Waals surface area contributed by atoms with Crippen molar-refractivity contribution in [3.63, 3.8) is 0 Å². The van der Waals surface area contributed by atoms with Crippen molar-refractivity contribution < 1.29 is 29.7 Å². The van der Waals surface area contributed by atoms with Crippen LogP contribution in [0.25, 0.3) is 0 Å². The number of carbonyl (C=O) groups excluding carboxylic acids is 3. The molecule has 0 fully saturated rings. The maximum Gasteiger partial charge on any atom is 0.198 e. The molecule has 0 aliphatic heterocycles. The third kappa shape index (κ3) is 2.19. The van der Waals surface area contributed by atoms with Gasteiger partial charge in [0.05, 0.1) is 22.8 Å². The van der Waals surface area contributed by atoms with Gasteiger partial charge in [0.1, 0.15) is 17.3 Å². The molecule has 2 atom stereocenters. The van der Waals surface area contributed by atoms with Gasteiger partial charge in [0.15, 0.2) is 11.6 Å². The maximum atomic E-state index is 12.9. The van der Waals surface area contributed by atoms with Crippen molar-refractivity contribution in [2.45, 2.75) is 31.4 Å². The van der Waals surface area contributed by atoms with Crippen LogP contribution >= 0.6 is 0 Å². The van der Waals surface area contributed by atoms with Gasteiger partial charge in [0, 0.05) is 35.1 Å². The fraction of sp³-hybridized carbons (Fsp3) is 0.250. The number of hydrogen-bond donors (Lipinski definition) is 4. The SMILES string of the molecule is CC(=O)[C@]1(N)Cc2c(O)c3c(c(O)c2[C@@H](O)C1)C(=O)c1ccccc1C3=O. The fourth-order valence-corrected chi connectivity index (χ4v) is 4.02. The molecule has 7 heteroatoms. The molecule has 2 aliphatic rings. The summed E-state index contributed by atoms with van der Waals surface area (Å²) in [5.41, 5.74) is 4.18. The molecule has 27 heavy (non-hydrogen) atoms. The van der Waals surface area contributed by atoms with E-state index in [1.165, 1.54) is 19.1 Å². The number of aliphatic hydroxyl groups is 1. The molecule has 4 rings (SSSR count). The number of rotatable bonds is 1. The predicted octanol–water partition coefficient (Wildman–Crippen LogP) is 1.14. The Labute approximate surface area is 154 Å². The van der Waals surface area contributed by atoms with Crippen LogP contribution < -0.4 is 5.73 Å². The van der Waals surface area contributed by atoms with E-state index in [9.17, 15) is 29.7 Å². The Kier molecular flexibility index (Phi) is 3.53. The molecule has 0 radical (unpaired) electrons. The van der Waals surface area contributed by atoms with Gasteiger partial charge in [-0.2, -0.15) is 0 Å². The highest BCUT2D eigenvalue weighted by atomic mass is 16.3. The first-order chi connectivity index (χ1) is 12.7. The monoisotopic (exact) mass is 367 g/mol. The largest absolute Gasteiger partial charge is 0.507 e. The highest BCUT2D eigenvalue weighted by molar-refractivity contribution is 6.30. The van der Waals surface area contributed by atoms with Gasteiger partial charge in [-0.05, 0) is 6.92 Å². The zero-order valence-corrected chi connectivity index (χ0v) is 14.4. The van der Waals surface area contributed by atoms with Gasteiger partial charge >= 0.3 is 0 Å². The summed E-state index contributed by atoms with van der Waals surface area (Å²) in [5.74, 6) is -2.69. The third-order valence-corrected chi connectivity index (χ3v) is 5.54. The maximum absolute atomic E-state index is 12.9. The average Bonchev–Trinajstić information content (AvgIpc) is 2.62. The molecule has 0 aromatic heterocycles. The minimum atomic E-state index is -1.44. The Morgan fingerprint density at radius 2 is 1.59 bits per heavy atom. The van der Waals surface area contributed by atoms with Gasteiger partial charge in [-0.25, -0.2) is 0 Å². The van der Waals surface area contributed by atoms with Gasteiger partial charge in [-0.3, -0.25) is 14.4 Å². The van der Waals surface area contributed by atoms with Crippen LogP contribution in [0.1, 0.15) is 62.4 Å². The van der Waals surface area contributed by atoms with Crippen LogP contribution in [0.15, 0.2) is 24.3 Å². The summed E-state index contributed by atoms with van der Waals surface area (Å²) in [6, 6.07) is 6.11. The van der Waals surface area contributed by atoms with Crippen molar-refractivity contribution in [3.8, 4) is 11.5 Å². The van der Waals surface area contributed by atoms with Crippen molar-refractivity contribution >= 4 is 17.3 Å². The van der Waals surface area contributed by atoms with Gasteiger partial charge in [-0.1, -0.05) is 24.3 Å². The number of aromatic hydroxyl groups is 2. The Morgan fingerprint density at radius 3 is 2.11 bits per heavy atom. The van der Waals surface area contributed by atoms with Crippen LogP contribution in [-0.2, 0) is 11.2 Å². The van der Waals surface area contributed by atoms with E-state index < -0.39 is 40.5 Å². The number of fused-ring (bicyclic) bond motifs is 3. The second kappa shape index (κ2) is 5.48. The average molecular weight is 367 g/mol. The highest BCUT2D eigenvalue weighted by Crippen LogP contribution is 2.49. The minimum Gasteiger partial charge on any atom is -0.507 e. The van der Waals surface area contributed by atoms with Crippen molar-refractivity contribution in [2.24, 2.45) is 5.73 Å². The van der Waals surface area contributed by atoms with Gasteiger partial charge in [0.2, 0.25) is 0 Å². The number of hydrogen-bond acceptors (Lipinski definition) is 7. The lowest BCUT2D eigenvalue weighted by Crippen LogP contribution is -2.52. The van der Waals surface area contributed by atoms with Crippen molar-refractivity contribution in [1.82, 2.24) is 0 Å². The van der Waals surface area contributed by atoms with Gasteiger partial charge < -0.3 is 21.1 Å². The van der Waals surface area contributed by atoms with Gasteiger partial charge in [0.25, 0.3) is 0 Å². The van der Waals surface area contributed by atoms with Crippen LogP contribution in [0.3, 0.4) is 0 Å². The first-order valence-electron chi connectivity index (χ1n) is 8.44. The molecule has 0 heterocycles. The molecule has 0 bridgehead atoms. The lowest BCUT2D eigenvalue weighted by Gasteiger charge is -2.37. The minimum absolute atomic E-state index is 0.0169. The molecule has 0 unspecified atom stereocenters. The van der Waals surface area contributed by atoms with Crippen LogP contribution in [0.5, 0.6) is 11.5 Å². The lowest BCUT2D eigenvalue weighted by molar-refractivity contribution is -0.123. The van der Waals surface area contributed by atoms with Crippen LogP contribution in [0, 0.1) is 0 Å². The molecule has 138 valence electrons. The highest BCUT2D eigenvalue weighted by Gasteiger charge is 2.45. The van der Waals surface area contributed by atoms with Gasteiger partial charge in [-0.15, -0.1) is 0 Å². The zero-order valence-electron chi connectivity index (χ0n) is 14.4. The standard InChI is InChI=1S/C20H17NO6/c1-8(22)20(21)6-11-13(12(23)7-20)19(27)15-14(18(11)26)16(24)9-4-2-3-5-10(9)17(15)25/h2-5,12,23,26-27H,6-7,21H2,1H3/t12-,20-/m0/s1. The van der Waals surface area contributed by atoms with E-state index in [0.717, 1.165) is 0 Å². The van der Waals surface area contributed by atoms with E-state index in [2.05, 4.69) is 0 Å². The number of carbonyl (C=O) groups is 3. The lowest BCUT2D eigenvalue weighted by atomic mass is 9.71. The second-order valence-corrected chi connectivity index (χ2v) is 7.15. The Morgan fingerprint density at radius 1 is 1.07 bits per heavy atom. The fourth-order valence-electron chi connectivity index (χ4n) is 4.02. The number of aliphatic hydroxyl groups excluding tert-OH is 1. The predicted molar refractivity (Wildman–Crippen MR) is 94.0 cm³/mol. The van der Waals surface area contributed by atoms with E-state index in [1.54, 1.807) is 12.1 Å². The summed E-state index contributed by atoms with van der Waals surface area (Å²) in [5, 5.41) is 32.0. The summed E-state index contributed by atoms with van der Waals surface area (Å²) < 4.78 is 0. The summed E-state index contributed by atoms with van der Waals surface area (Å²) in [6.45, 7) is 1.28. The zero-order chi connectivity index (χ0) is 19.7. The molecule has 5 N–H and O–H groups in total. The smallest absolute Gasteiger partial charge is 0.198 e. The molecule has 0 amide bonds. The summed E-state index contributed by atoms with van der Waals surface area (Å²) >= 11 is 0. The molecule has 2 aliphatic carbocycles. The van der Waals surface area contributed by atoms with E-state index in [1.807, 2.05) is 0 Å². The summed E-state index contributed by atoms with van der Waals surface area (Å²) in [7, 11) is 0. The quantitative estimate of drug-likeness (QED) is 0.473. The molecule has 7 nitrogen and oxygen atoms in total. The molecular formula is C20H17NO6. The van der Waals surface area contributed by atoms with E-state index >= 15 is 0 Å². The number of benzene rings is 2. The number of phenolic OH excluding ortho intramolecular Hbond substituents is 2. The van der Waals surface area contributed by atoms with Crippen LogP contribution in [-0.4, -0.2) is 38.2 Å². The van der Waals surface area contributed by atoms with Crippen molar-refractivity contribution in [3.05, 3.63) is 57.6 Å². The van der Waals surface area contributed by atoms with Crippen LogP contribution in [0.4, 0.5) is 0 Å². The third-order valence-electron chi connectivity index (χ3n) is 5.54. The molecule has 2 aromatic rings. The molecule has 0 saturated heterocycles. The molecular weight excluding hydrogens is 350 g/mol. The van der Waals surface area contributed by atoms with Crippen molar-refractivity contribution in [1.29, 1.82) is 0 Å². The first kappa shape index (κ1) is 17.4. The topological polar surface area (TPSA) is 138 Å². The van der Waals surface area contributed by atoms with Crippen molar-refractivity contribution in [2.75, 3.05) is 0 Å². The Hall–Kier alpha value is -3.03.